The fraction of sp³-hybridized carbons (Fsp3) is 0.320. The van der Waals surface area contributed by atoms with E-state index in [2.05, 4.69) is 15.2 Å². The summed E-state index contributed by atoms with van der Waals surface area (Å²) in [5.41, 5.74) is 2.79. The third-order valence-corrected chi connectivity index (χ3v) is 5.63. The van der Waals surface area contributed by atoms with Crippen LogP contribution in [0.25, 0.3) is 0 Å². The average molecular weight is 448 g/mol. The summed E-state index contributed by atoms with van der Waals surface area (Å²) in [6.45, 7) is 4.64. The van der Waals surface area contributed by atoms with E-state index in [-0.39, 0.29) is 5.91 Å². The Balaban J connectivity index is 1.36. The molecular formula is C25H29N5O3. The van der Waals surface area contributed by atoms with Gasteiger partial charge in [0.1, 0.15) is 17.3 Å². The molecule has 0 unspecified atom stereocenters. The smallest absolute Gasteiger partial charge is 0.227 e. The van der Waals surface area contributed by atoms with Crippen LogP contribution in [0, 0.1) is 6.92 Å². The van der Waals surface area contributed by atoms with Crippen molar-refractivity contribution < 1.29 is 14.3 Å². The Morgan fingerprint density at radius 3 is 2.12 bits per heavy atom. The Morgan fingerprint density at radius 2 is 1.52 bits per heavy atom. The summed E-state index contributed by atoms with van der Waals surface area (Å²) in [5, 5.41) is 3.33. The van der Waals surface area contributed by atoms with Crippen molar-refractivity contribution in [2.75, 3.05) is 50.6 Å². The Kier molecular flexibility index (Phi) is 6.92. The number of anilines is 3. The Morgan fingerprint density at radius 1 is 0.909 bits per heavy atom. The third-order valence-electron chi connectivity index (χ3n) is 5.63. The van der Waals surface area contributed by atoms with Gasteiger partial charge in [-0.3, -0.25) is 4.79 Å². The van der Waals surface area contributed by atoms with Crippen LogP contribution in [0.3, 0.4) is 0 Å². The Labute approximate surface area is 194 Å². The van der Waals surface area contributed by atoms with Gasteiger partial charge in [0.25, 0.3) is 0 Å². The first-order valence-corrected chi connectivity index (χ1v) is 11.0. The Hall–Kier alpha value is -3.81. The van der Waals surface area contributed by atoms with Crippen molar-refractivity contribution in [1.82, 2.24) is 14.9 Å². The van der Waals surface area contributed by atoms with Gasteiger partial charge >= 0.3 is 0 Å². The minimum atomic E-state index is 0.131. The molecule has 8 nitrogen and oxygen atoms in total. The maximum Gasteiger partial charge on any atom is 0.227 e. The number of rotatable bonds is 7. The summed E-state index contributed by atoms with van der Waals surface area (Å²) in [4.78, 5) is 26.1. The van der Waals surface area contributed by atoms with E-state index in [4.69, 9.17) is 14.5 Å². The molecule has 33 heavy (non-hydrogen) atoms. The SMILES string of the molecule is COc1ccc(CC(=O)N2CCN(c3nc(C)cc(Nc4ccc(OC)cc4)n3)CC2)cc1. The van der Waals surface area contributed by atoms with Gasteiger partial charge in [0.05, 0.1) is 20.6 Å². The van der Waals surface area contributed by atoms with Gasteiger partial charge in [-0.2, -0.15) is 4.98 Å². The topological polar surface area (TPSA) is 79.8 Å². The number of methoxy groups -OCH3 is 2. The minimum Gasteiger partial charge on any atom is -0.497 e. The van der Waals surface area contributed by atoms with Crippen LogP contribution in [0.5, 0.6) is 11.5 Å². The number of nitrogens with zero attached hydrogens (tertiary/aromatic N) is 4. The summed E-state index contributed by atoms with van der Waals surface area (Å²) in [5.74, 6) is 3.14. The first-order valence-electron chi connectivity index (χ1n) is 11.0. The first kappa shape index (κ1) is 22.4. The molecule has 0 saturated carbocycles. The molecule has 1 fully saturated rings. The van der Waals surface area contributed by atoms with Gasteiger partial charge < -0.3 is 24.6 Å². The molecule has 172 valence electrons. The lowest BCUT2D eigenvalue weighted by atomic mass is 10.1. The molecule has 1 N–H and O–H groups in total. The monoisotopic (exact) mass is 447 g/mol. The van der Waals surface area contributed by atoms with Gasteiger partial charge in [-0.05, 0) is 48.9 Å². The molecule has 1 aromatic heterocycles. The number of ether oxygens (including phenoxy) is 2. The van der Waals surface area contributed by atoms with E-state index in [1.165, 1.54) is 0 Å². The number of benzene rings is 2. The van der Waals surface area contributed by atoms with Crippen LogP contribution in [0.2, 0.25) is 0 Å². The number of carbonyl (C=O) groups excluding carboxylic acids is 1. The molecule has 0 aliphatic carbocycles. The van der Waals surface area contributed by atoms with Crippen LogP contribution < -0.4 is 19.7 Å². The molecule has 0 radical (unpaired) electrons. The maximum atomic E-state index is 12.7. The van der Waals surface area contributed by atoms with E-state index >= 15 is 0 Å². The molecule has 0 atom stereocenters. The van der Waals surface area contributed by atoms with E-state index in [1.54, 1.807) is 14.2 Å². The lowest BCUT2D eigenvalue weighted by molar-refractivity contribution is -0.130. The molecule has 3 aromatic rings. The number of hydrogen-bond acceptors (Lipinski definition) is 7. The summed E-state index contributed by atoms with van der Waals surface area (Å²) >= 11 is 0. The fourth-order valence-corrected chi connectivity index (χ4v) is 3.77. The van der Waals surface area contributed by atoms with E-state index in [9.17, 15) is 4.79 Å². The fourth-order valence-electron chi connectivity index (χ4n) is 3.77. The van der Waals surface area contributed by atoms with E-state index < -0.39 is 0 Å². The van der Waals surface area contributed by atoms with Crippen molar-refractivity contribution in [3.63, 3.8) is 0 Å². The van der Waals surface area contributed by atoms with Gasteiger partial charge in [0, 0.05) is 43.6 Å². The lowest BCUT2D eigenvalue weighted by Gasteiger charge is -2.35. The van der Waals surface area contributed by atoms with Crippen LogP contribution in [0.4, 0.5) is 17.5 Å². The highest BCUT2D eigenvalue weighted by Crippen LogP contribution is 2.22. The third kappa shape index (κ3) is 5.71. The zero-order chi connectivity index (χ0) is 23.2. The van der Waals surface area contributed by atoms with Crippen LogP contribution in [-0.4, -0.2) is 61.2 Å². The molecule has 1 aliphatic rings. The molecular weight excluding hydrogens is 418 g/mol. The summed E-state index contributed by atoms with van der Waals surface area (Å²) in [7, 11) is 3.28. The number of nitrogens with one attached hydrogen (secondary N) is 1. The molecule has 2 heterocycles. The number of aryl methyl sites for hydroxylation is 1. The molecule has 1 amide bonds. The van der Waals surface area contributed by atoms with Crippen LogP contribution in [-0.2, 0) is 11.2 Å². The van der Waals surface area contributed by atoms with Crippen molar-refractivity contribution in [2.45, 2.75) is 13.3 Å². The van der Waals surface area contributed by atoms with Gasteiger partial charge in [0.15, 0.2) is 0 Å². The summed E-state index contributed by atoms with van der Waals surface area (Å²) in [6, 6.07) is 17.3. The van der Waals surface area contributed by atoms with Crippen molar-refractivity contribution in [3.05, 3.63) is 65.9 Å². The quantitative estimate of drug-likeness (QED) is 0.594. The van der Waals surface area contributed by atoms with Gasteiger partial charge in [-0.15, -0.1) is 0 Å². The lowest BCUT2D eigenvalue weighted by Crippen LogP contribution is -2.49. The van der Waals surface area contributed by atoms with E-state index in [1.807, 2.05) is 66.4 Å². The van der Waals surface area contributed by atoms with Crippen LogP contribution in [0.1, 0.15) is 11.3 Å². The minimum absolute atomic E-state index is 0.131. The number of hydrogen-bond donors (Lipinski definition) is 1. The number of piperazine rings is 1. The molecule has 1 saturated heterocycles. The predicted octanol–water partition coefficient (Wildman–Crippen LogP) is 3.44. The molecule has 8 heteroatoms. The first-order chi connectivity index (χ1) is 16.0. The van der Waals surface area contributed by atoms with E-state index in [0.717, 1.165) is 34.3 Å². The molecule has 0 spiro atoms. The highest BCUT2D eigenvalue weighted by Gasteiger charge is 2.23. The van der Waals surface area contributed by atoms with Gasteiger partial charge in [-0.25, -0.2) is 4.98 Å². The van der Waals surface area contributed by atoms with Crippen LogP contribution in [0.15, 0.2) is 54.6 Å². The molecule has 1 aliphatic heterocycles. The second-order valence-electron chi connectivity index (χ2n) is 7.94. The van der Waals surface area contributed by atoms with Crippen molar-refractivity contribution in [1.29, 1.82) is 0 Å². The summed E-state index contributed by atoms with van der Waals surface area (Å²) < 4.78 is 10.4. The second kappa shape index (κ2) is 10.2. The highest BCUT2D eigenvalue weighted by molar-refractivity contribution is 5.79. The van der Waals surface area contributed by atoms with Gasteiger partial charge in [0.2, 0.25) is 11.9 Å². The molecule has 4 rings (SSSR count). The normalized spacial score (nSPS) is 13.5. The average Bonchev–Trinajstić information content (AvgIpc) is 2.85. The summed E-state index contributed by atoms with van der Waals surface area (Å²) in [6.07, 6.45) is 0.390. The molecule has 2 aromatic carbocycles. The second-order valence-corrected chi connectivity index (χ2v) is 7.94. The highest BCUT2D eigenvalue weighted by atomic mass is 16.5. The maximum absolute atomic E-state index is 12.7. The number of aromatic nitrogens is 2. The van der Waals surface area contributed by atoms with Crippen LogP contribution >= 0.6 is 0 Å². The Bertz CT molecular complexity index is 1080. The standard InChI is InChI=1S/C25H29N5O3/c1-18-16-23(27-20-6-10-22(33-3)11-7-20)28-25(26-18)30-14-12-29(13-15-30)24(31)17-19-4-8-21(32-2)9-5-19/h4-11,16H,12-15,17H2,1-3H3,(H,26,27,28). The van der Waals surface area contributed by atoms with Crippen molar-refractivity contribution >= 4 is 23.4 Å². The zero-order valence-corrected chi connectivity index (χ0v) is 19.2. The van der Waals surface area contributed by atoms with E-state index in [0.29, 0.717) is 38.5 Å². The zero-order valence-electron chi connectivity index (χ0n) is 19.2. The number of carbonyl (C=O) groups is 1. The van der Waals surface area contributed by atoms with Gasteiger partial charge in [-0.1, -0.05) is 12.1 Å². The predicted molar refractivity (Wildman–Crippen MR) is 129 cm³/mol. The largest absolute Gasteiger partial charge is 0.497 e. The van der Waals surface area contributed by atoms with Crippen molar-refractivity contribution in [3.8, 4) is 11.5 Å². The molecule has 0 bridgehead atoms. The van der Waals surface area contributed by atoms with Crippen molar-refractivity contribution in [2.24, 2.45) is 0 Å². The number of amides is 1.